The molecule has 2 fully saturated rings. The van der Waals surface area contributed by atoms with Crippen molar-refractivity contribution in [1.82, 2.24) is 25.3 Å². The third-order valence-corrected chi connectivity index (χ3v) is 5.03. The maximum atomic E-state index is 12.3. The van der Waals surface area contributed by atoms with Gasteiger partial charge in [0.2, 0.25) is 11.8 Å². The topological polar surface area (TPSA) is 74.5 Å². The molecule has 1 N–H and O–H groups in total. The van der Waals surface area contributed by atoms with Crippen LogP contribution in [0.15, 0.2) is 4.52 Å². The molecule has 3 heterocycles. The van der Waals surface area contributed by atoms with E-state index in [-0.39, 0.29) is 18.0 Å². The summed E-state index contributed by atoms with van der Waals surface area (Å²) >= 11 is 1.78. The smallest absolute Gasteiger partial charge is 0.243 e. The quantitative estimate of drug-likeness (QED) is 0.857. The van der Waals surface area contributed by atoms with Crippen LogP contribution >= 0.6 is 11.8 Å². The Labute approximate surface area is 128 Å². The second kappa shape index (κ2) is 6.33. The molecule has 0 spiro atoms. The van der Waals surface area contributed by atoms with Crippen molar-refractivity contribution in [2.75, 3.05) is 37.8 Å². The van der Waals surface area contributed by atoms with E-state index < -0.39 is 0 Å². The number of carbonyl (C=O) groups is 1. The Morgan fingerprint density at radius 3 is 2.76 bits per heavy atom. The van der Waals surface area contributed by atoms with E-state index in [4.69, 9.17) is 4.52 Å². The molecule has 0 aromatic carbocycles. The van der Waals surface area contributed by atoms with Gasteiger partial charge in [0.15, 0.2) is 5.82 Å². The van der Waals surface area contributed by atoms with E-state index >= 15 is 0 Å². The van der Waals surface area contributed by atoms with Crippen LogP contribution in [0.1, 0.15) is 24.7 Å². The molecule has 21 heavy (non-hydrogen) atoms. The van der Waals surface area contributed by atoms with Gasteiger partial charge in [-0.05, 0) is 13.8 Å². The number of nitrogens with zero attached hydrogens (tertiary/aromatic N) is 4. The minimum absolute atomic E-state index is 0.00226. The van der Waals surface area contributed by atoms with Gasteiger partial charge in [0, 0.05) is 37.8 Å². The summed E-state index contributed by atoms with van der Waals surface area (Å²) in [4.78, 5) is 20.9. The van der Waals surface area contributed by atoms with Gasteiger partial charge in [-0.15, -0.1) is 11.8 Å². The number of rotatable bonds is 3. The normalized spacial score (nSPS) is 25.2. The number of amides is 1. The second-order valence-corrected chi connectivity index (χ2v) is 6.52. The largest absolute Gasteiger partial charge is 0.339 e. The van der Waals surface area contributed by atoms with E-state index in [1.54, 1.807) is 11.8 Å². The molecule has 2 atom stereocenters. The number of hydrogen-bond donors (Lipinski definition) is 1. The van der Waals surface area contributed by atoms with E-state index in [9.17, 15) is 4.79 Å². The third kappa shape index (κ3) is 3.22. The predicted octanol–water partition coefficient (Wildman–Crippen LogP) is 0.246. The molecule has 2 saturated heterocycles. The molecule has 0 aliphatic carbocycles. The van der Waals surface area contributed by atoms with Crippen LogP contribution in [0, 0.1) is 6.92 Å². The molecule has 2 unspecified atom stereocenters. The van der Waals surface area contributed by atoms with Crippen LogP contribution in [0.3, 0.4) is 0 Å². The molecule has 0 saturated carbocycles. The van der Waals surface area contributed by atoms with Crippen molar-refractivity contribution in [2.45, 2.75) is 25.9 Å². The number of aryl methyl sites for hydroxylation is 1. The predicted molar refractivity (Wildman–Crippen MR) is 79.9 cm³/mol. The van der Waals surface area contributed by atoms with Crippen molar-refractivity contribution < 1.29 is 9.32 Å². The van der Waals surface area contributed by atoms with Crippen molar-refractivity contribution in [1.29, 1.82) is 0 Å². The molecule has 0 radical (unpaired) electrons. The highest BCUT2D eigenvalue weighted by molar-refractivity contribution is 7.99. The van der Waals surface area contributed by atoms with Crippen molar-refractivity contribution in [2.24, 2.45) is 0 Å². The summed E-state index contributed by atoms with van der Waals surface area (Å²) < 4.78 is 5.24. The molecule has 1 amide bonds. The molecule has 1 aromatic heterocycles. The molecule has 2 aliphatic heterocycles. The Balaban J connectivity index is 1.53. The Hall–Kier alpha value is -1.12. The summed E-state index contributed by atoms with van der Waals surface area (Å²) in [6.07, 6.45) is 0. The second-order valence-electron chi connectivity index (χ2n) is 5.49. The first-order chi connectivity index (χ1) is 10.1. The highest BCUT2D eigenvalue weighted by Crippen LogP contribution is 2.21. The number of thioether (sulfide) groups is 1. The highest BCUT2D eigenvalue weighted by Gasteiger charge is 2.31. The number of hydrogen-bond acceptors (Lipinski definition) is 7. The zero-order valence-corrected chi connectivity index (χ0v) is 13.2. The van der Waals surface area contributed by atoms with Crippen molar-refractivity contribution >= 4 is 17.7 Å². The van der Waals surface area contributed by atoms with E-state index in [1.165, 1.54) is 0 Å². The van der Waals surface area contributed by atoms with Gasteiger partial charge >= 0.3 is 0 Å². The highest BCUT2D eigenvalue weighted by atomic mass is 32.2. The minimum atomic E-state index is -0.00226. The molecule has 2 aliphatic rings. The summed E-state index contributed by atoms with van der Waals surface area (Å²) in [6, 6.07) is 0.0983. The molecule has 0 bridgehead atoms. The lowest BCUT2D eigenvalue weighted by atomic mass is 10.2. The Bertz CT molecular complexity index is 495. The number of nitrogens with one attached hydrogen (secondary N) is 1. The lowest BCUT2D eigenvalue weighted by Crippen LogP contribution is -2.53. The van der Waals surface area contributed by atoms with Gasteiger partial charge in [0.25, 0.3) is 0 Å². The van der Waals surface area contributed by atoms with Crippen molar-refractivity contribution in [3.8, 4) is 0 Å². The Morgan fingerprint density at radius 2 is 2.19 bits per heavy atom. The summed E-state index contributed by atoms with van der Waals surface area (Å²) in [6.45, 7) is 7.10. The van der Waals surface area contributed by atoms with E-state index in [1.807, 2.05) is 11.8 Å². The summed E-state index contributed by atoms with van der Waals surface area (Å²) in [5.41, 5.74) is 0. The molecule has 7 nitrogen and oxygen atoms in total. The van der Waals surface area contributed by atoms with Crippen LogP contribution < -0.4 is 5.32 Å². The van der Waals surface area contributed by atoms with E-state index in [0.29, 0.717) is 11.7 Å². The molecule has 8 heteroatoms. The first-order valence-electron chi connectivity index (χ1n) is 7.29. The molecular weight excluding hydrogens is 290 g/mol. The van der Waals surface area contributed by atoms with Crippen LogP contribution in [-0.4, -0.2) is 69.7 Å². The first-order valence-corrected chi connectivity index (χ1v) is 8.45. The van der Waals surface area contributed by atoms with Crippen molar-refractivity contribution in [3.05, 3.63) is 11.7 Å². The standard InChI is InChI=1S/C13H21N5O2S/c1-9(12-15-10(2)16-20-12)17-3-5-18(6-4-17)13(19)11-7-21-8-14-11/h9,11,14H,3-8H2,1-2H3. The summed E-state index contributed by atoms with van der Waals surface area (Å²) in [7, 11) is 0. The van der Waals surface area contributed by atoms with Gasteiger partial charge < -0.3 is 9.42 Å². The van der Waals surface area contributed by atoms with Gasteiger partial charge in [-0.25, -0.2) is 0 Å². The Morgan fingerprint density at radius 1 is 1.43 bits per heavy atom. The fraction of sp³-hybridized carbons (Fsp3) is 0.769. The van der Waals surface area contributed by atoms with Crippen LogP contribution in [0.2, 0.25) is 0 Å². The average molecular weight is 311 g/mol. The zero-order chi connectivity index (χ0) is 14.8. The Kier molecular flexibility index (Phi) is 4.46. The number of piperazine rings is 1. The zero-order valence-electron chi connectivity index (χ0n) is 12.4. The maximum Gasteiger partial charge on any atom is 0.243 e. The molecular formula is C13H21N5O2S. The minimum Gasteiger partial charge on any atom is -0.339 e. The lowest BCUT2D eigenvalue weighted by Gasteiger charge is -2.37. The SMILES string of the molecule is Cc1noc(C(C)N2CCN(C(=O)C3CSCN3)CC2)n1. The maximum absolute atomic E-state index is 12.3. The van der Waals surface area contributed by atoms with Gasteiger partial charge in [0.1, 0.15) is 0 Å². The fourth-order valence-electron chi connectivity index (χ4n) is 2.74. The fourth-order valence-corrected chi connectivity index (χ4v) is 3.68. The van der Waals surface area contributed by atoms with Gasteiger partial charge in [0.05, 0.1) is 12.1 Å². The van der Waals surface area contributed by atoms with Crippen LogP contribution in [0.25, 0.3) is 0 Å². The third-order valence-electron chi connectivity index (χ3n) is 4.09. The van der Waals surface area contributed by atoms with Gasteiger partial charge in [-0.1, -0.05) is 5.16 Å². The lowest BCUT2D eigenvalue weighted by molar-refractivity contribution is -0.134. The summed E-state index contributed by atoms with van der Waals surface area (Å²) in [5, 5.41) is 7.08. The summed E-state index contributed by atoms with van der Waals surface area (Å²) in [5.74, 6) is 3.32. The first kappa shape index (κ1) is 14.8. The molecule has 3 rings (SSSR count). The van der Waals surface area contributed by atoms with E-state index in [0.717, 1.165) is 37.8 Å². The molecule has 1 aromatic rings. The van der Waals surface area contributed by atoms with Gasteiger partial charge in [-0.3, -0.25) is 15.0 Å². The van der Waals surface area contributed by atoms with Crippen molar-refractivity contribution in [3.63, 3.8) is 0 Å². The van der Waals surface area contributed by atoms with Crippen LogP contribution in [-0.2, 0) is 4.79 Å². The number of carbonyl (C=O) groups excluding carboxylic acids is 1. The molecule has 116 valence electrons. The average Bonchev–Trinajstić information content (AvgIpc) is 3.17. The van der Waals surface area contributed by atoms with Crippen LogP contribution in [0.5, 0.6) is 0 Å². The van der Waals surface area contributed by atoms with Crippen LogP contribution in [0.4, 0.5) is 0 Å². The number of aromatic nitrogens is 2. The van der Waals surface area contributed by atoms with E-state index in [2.05, 4.69) is 27.3 Å². The van der Waals surface area contributed by atoms with Gasteiger partial charge in [-0.2, -0.15) is 4.98 Å². The monoisotopic (exact) mass is 311 g/mol.